The van der Waals surface area contributed by atoms with E-state index in [-0.39, 0.29) is 10.8 Å². The molecular weight excluding hydrogens is 372 g/mol. The van der Waals surface area contributed by atoms with Crippen LogP contribution in [0.3, 0.4) is 0 Å². The molecule has 1 aromatic heterocycles. The number of rotatable bonds is 5. The minimum Gasteiger partial charge on any atom is -0.495 e. The number of anilines is 1. The van der Waals surface area contributed by atoms with Crippen molar-refractivity contribution in [1.29, 1.82) is 0 Å². The number of nitrogens with one attached hydrogen (secondary N) is 1. The number of sulfonamides is 1. The highest BCUT2D eigenvalue weighted by atomic mass is 32.2. The number of ether oxygens (including phenoxy) is 1. The van der Waals surface area contributed by atoms with Crippen LogP contribution in [-0.4, -0.2) is 38.8 Å². The Morgan fingerprint density at radius 2 is 1.85 bits per heavy atom. The summed E-state index contributed by atoms with van der Waals surface area (Å²) in [5.74, 6) is 0.201. The van der Waals surface area contributed by atoms with Crippen LogP contribution in [0.5, 0.6) is 5.75 Å². The molecule has 1 saturated heterocycles. The van der Waals surface area contributed by atoms with Crippen LogP contribution in [0.15, 0.2) is 40.6 Å². The average Bonchev–Trinajstić information content (AvgIpc) is 2.98. The first-order valence-electron chi connectivity index (χ1n) is 8.55. The van der Waals surface area contributed by atoms with E-state index >= 15 is 0 Å². The van der Waals surface area contributed by atoms with E-state index in [0.717, 1.165) is 37.0 Å². The van der Waals surface area contributed by atoms with E-state index in [4.69, 9.17) is 4.74 Å². The number of thiophene rings is 1. The predicted molar refractivity (Wildman–Crippen MR) is 102 cm³/mol. The minimum absolute atomic E-state index is 0.189. The van der Waals surface area contributed by atoms with Gasteiger partial charge in [-0.15, -0.1) is 11.3 Å². The molecule has 1 aromatic carbocycles. The van der Waals surface area contributed by atoms with Gasteiger partial charge in [-0.1, -0.05) is 25.0 Å². The number of amides is 1. The smallest absolute Gasteiger partial charge is 0.265 e. The van der Waals surface area contributed by atoms with Crippen LogP contribution < -0.4 is 10.1 Å². The number of hydrogen-bond acceptors (Lipinski definition) is 5. The summed E-state index contributed by atoms with van der Waals surface area (Å²) in [6.07, 6.45) is 3.87. The van der Waals surface area contributed by atoms with E-state index in [1.54, 1.807) is 18.2 Å². The second-order valence-electron chi connectivity index (χ2n) is 6.12. The maximum Gasteiger partial charge on any atom is 0.265 e. The lowest BCUT2D eigenvalue weighted by molar-refractivity contribution is 0.103. The summed E-state index contributed by atoms with van der Waals surface area (Å²) in [5, 5.41) is 4.31. The summed E-state index contributed by atoms with van der Waals surface area (Å²) in [7, 11) is -2.01. The first kappa shape index (κ1) is 18.9. The van der Waals surface area contributed by atoms with E-state index in [1.807, 2.05) is 6.07 Å². The predicted octanol–water partition coefficient (Wildman–Crippen LogP) is 3.57. The Morgan fingerprint density at radius 1 is 1.15 bits per heavy atom. The molecule has 1 aliphatic heterocycles. The lowest BCUT2D eigenvalue weighted by Crippen LogP contribution is -2.31. The van der Waals surface area contributed by atoms with E-state index in [0.29, 0.717) is 29.4 Å². The van der Waals surface area contributed by atoms with Crippen LogP contribution in [0, 0.1) is 0 Å². The highest BCUT2D eigenvalue weighted by Gasteiger charge is 2.27. The summed E-state index contributed by atoms with van der Waals surface area (Å²) >= 11 is 1.13. The zero-order chi connectivity index (χ0) is 18.6. The van der Waals surface area contributed by atoms with Crippen molar-refractivity contribution in [3.8, 4) is 5.75 Å². The Bertz CT molecular complexity index is 869. The number of para-hydroxylation sites is 2. The van der Waals surface area contributed by atoms with E-state index < -0.39 is 10.0 Å². The molecule has 3 rings (SSSR count). The number of carbonyl (C=O) groups is 1. The van der Waals surface area contributed by atoms with Gasteiger partial charge in [0.15, 0.2) is 0 Å². The molecule has 26 heavy (non-hydrogen) atoms. The van der Waals surface area contributed by atoms with Crippen LogP contribution in [0.25, 0.3) is 0 Å². The van der Waals surface area contributed by atoms with Crippen molar-refractivity contribution in [3.05, 3.63) is 40.6 Å². The fraction of sp³-hybridized carbons (Fsp3) is 0.389. The normalized spacial score (nSPS) is 16.0. The molecule has 0 spiro atoms. The molecule has 0 aliphatic carbocycles. The van der Waals surface area contributed by atoms with Gasteiger partial charge in [-0.25, -0.2) is 8.42 Å². The van der Waals surface area contributed by atoms with Gasteiger partial charge in [-0.3, -0.25) is 4.79 Å². The van der Waals surface area contributed by atoms with Crippen molar-refractivity contribution in [2.75, 3.05) is 25.5 Å². The molecule has 0 saturated carbocycles. The summed E-state index contributed by atoms with van der Waals surface area (Å²) in [5.41, 5.74) is 0.547. The van der Waals surface area contributed by atoms with Crippen molar-refractivity contribution < 1.29 is 17.9 Å². The highest BCUT2D eigenvalue weighted by molar-refractivity contribution is 7.89. The molecular formula is C18H22N2O4S2. The summed E-state index contributed by atoms with van der Waals surface area (Å²) in [6, 6.07) is 8.54. The van der Waals surface area contributed by atoms with Gasteiger partial charge in [-0.2, -0.15) is 4.31 Å². The fourth-order valence-corrected chi connectivity index (χ4v) is 5.61. The molecule has 1 fully saturated rings. The molecule has 2 aromatic rings. The Kier molecular flexibility index (Phi) is 5.95. The molecule has 1 N–H and O–H groups in total. The Hall–Kier alpha value is -1.90. The van der Waals surface area contributed by atoms with E-state index in [9.17, 15) is 13.2 Å². The number of hydrogen-bond donors (Lipinski definition) is 1. The molecule has 0 atom stereocenters. The molecule has 1 amide bonds. The van der Waals surface area contributed by atoms with Gasteiger partial charge in [0.1, 0.15) is 5.75 Å². The van der Waals surface area contributed by atoms with Gasteiger partial charge in [0.05, 0.1) is 22.6 Å². The third-order valence-electron chi connectivity index (χ3n) is 4.36. The van der Waals surface area contributed by atoms with Crippen molar-refractivity contribution in [1.82, 2.24) is 4.31 Å². The maximum absolute atomic E-state index is 12.8. The summed E-state index contributed by atoms with van der Waals surface area (Å²) < 4.78 is 32.4. The summed E-state index contributed by atoms with van der Waals surface area (Å²) in [6.45, 7) is 1.09. The molecule has 1 aliphatic rings. The van der Waals surface area contributed by atoms with Gasteiger partial charge in [0, 0.05) is 18.5 Å². The first-order chi connectivity index (χ1) is 12.5. The highest BCUT2D eigenvalue weighted by Crippen LogP contribution is 2.27. The quantitative estimate of drug-likeness (QED) is 0.841. The van der Waals surface area contributed by atoms with Crippen molar-refractivity contribution in [2.45, 2.75) is 30.6 Å². The first-order valence-corrected chi connectivity index (χ1v) is 10.9. The van der Waals surface area contributed by atoms with Crippen LogP contribution in [0.4, 0.5) is 5.69 Å². The second kappa shape index (κ2) is 8.20. The monoisotopic (exact) mass is 394 g/mol. The van der Waals surface area contributed by atoms with Crippen molar-refractivity contribution in [2.24, 2.45) is 0 Å². The number of benzene rings is 1. The van der Waals surface area contributed by atoms with Gasteiger partial charge >= 0.3 is 0 Å². The molecule has 2 heterocycles. The molecule has 0 radical (unpaired) electrons. The largest absolute Gasteiger partial charge is 0.495 e. The molecule has 6 nitrogen and oxygen atoms in total. The Labute approximate surface area is 157 Å². The number of carbonyl (C=O) groups excluding carboxylic acids is 1. The lowest BCUT2D eigenvalue weighted by atomic mass is 10.2. The molecule has 8 heteroatoms. The third-order valence-corrected chi connectivity index (χ3v) is 7.31. The minimum atomic E-state index is -3.54. The van der Waals surface area contributed by atoms with E-state index in [2.05, 4.69) is 5.32 Å². The van der Waals surface area contributed by atoms with Crippen LogP contribution in [-0.2, 0) is 10.0 Å². The fourth-order valence-electron chi connectivity index (χ4n) is 2.94. The van der Waals surface area contributed by atoms with Crippen LogP contribution in [0.1, 0.15) is 35.4 Å². The Balaban J connectivity index is 1.77. The zero-order valence-corrected chi connectivity index (χ0v) is 16.2. The molecule has 0 unspecified atom stereocenters. The third kappa shape index (κ3) is 4.08. The number of methoxy groups -OCH3 is 1. The van der Waals surface area contributed by atoms with Gasteiger partial charge in [0.2, 0.25) is 10.0 Å². The SMILES string of the molecule is COc1ccccc1NC(=O)c1cc(S(=O)(=O)N2CCCCCC2)cs1. The van der Waals surface area contributed by atoms with Gasteiger partial charge in [-0.05, 0) is 31.0 Å². The van der Waals surface area contributed by atoms with Crippen molar-refractivity contribution in [3.63, 3.8) is 0 Å². The zero-order valence-electron chi connectivity index (χ0n) is 14.6. The van der Waals surface area contributed by atoms with Gasteiger partial charge in [0.25, 0.3) is 5.91 Å². The standard InChI is InChI=1S/C18H22N2O4S2/c1-24-16-9-5-4-8-15(16)19-18(21)17-12-14(13-25-17)26(22,23)20-10-6-2-3-7-11-20/h4-5,8-9,12-13H,2-3,6-7,10-11H2,1H3,(H,19,21). The lowest BCUT2D eigenvalue weighted by Gasteiger charge is -2.18. The van der Waals surface area contributed by atoms with Crippen molar-refractivity contribution >= 4 is 33.0 Å². The molecule has 140 valence electrons. The number of nitrogens with zero attached hydrogens (tertiary/aromatic N) is 1. The van der Waals surface area contributed by atoms with Crippen LogP contribution >= 0.6 is 11.3 Å². The second-order valence-corrected chi connectivity index (χ2v) is 8.97. The Morgan fingerprint density at radius 3 is 2.54 bits per heavy atom. The van der Waals surface area contributed by atoms with E-state index in [1.165, 1.54) is 22.9 Å². The van der Waals surface area contributed by atoms with Gasteiger partial charge < -0.3 is 10.1 Å². The summed E-state index contributed by atoms with van der Waals surface area (Å²) in [4.78, 5) is 13.0. The topological polar surface area (TPSA) is 75.7 Å². The maximum atomic E-state index is 12.8. The average molecular weight is 395 g/mol. The van der Waals surface area contributed by atoms with Crippen LogP contribution in [0.2, 0.25) is 0 Å². The molecule has 0 bridgehead atoms.